The van der Waals surface area contributed by atoms with Crippen LogP contribution in [-0.2, 0) is 9.53 Å². The van der Waals surface area contributed by atoms with Gasteiger partial charge in [-0.1, -0.05) is 5.57 Å². The molecule has 182 valence electrons. The molecule has 0 atom stereocenters. The molecule has 0 radical (unpaired) electrons. The number of fused-ring (bicyclic) bond motifs is 3. The maximum Gasteiger partial charge on any atom is 0.252 e. The van der Waals surface area contributed by atoms with Gasteiger partial charge >= 0.3 is 0 Å². The van der Waals surface area contributed by atoms with Gasteiger partial charge in [-0.05, 0) is 49.9 Å². The number of methoxy groups -OCH3 is 2. The maximum absolute atomic E-state index is 13.2. The van der Waals surface area contributed by atoms with Crippen LogP contribution in [0.3, 0.4) is 0 Å². The number of nitrogens with one attached hydrogen (secondary N) is 1. The van der Waals surface area contributed by atoms with Crippen molar-refractivity contribution in [2.45, 2.75) is 31.2 Å². The summed E-state index contributed by atoms with van der Waals surface area (Å²) in [6.07, 6.45) is 5.55. The van der Waals surface area contributed by atoms with Crippen LogP contribution in [-0.4, -0.2) is 71.5 Å². The Morgan fingerprint density at radius 3 is 2.60 bits per heavy atom. The molecular formula is C26H29N5O4. The summed E-state index contributed by atoms with van der Waals surface area (Å²) in [7, 11) is 3.22. The summed E-state index contributed by atoms with van der Waals surface area (Å²) in [5, 5.41) is 7.67. The quantitative estimate of drug-likeness (QED) is 0.585. The summed E-state index contributed by atoms with van der Waals surface area (Å²) in [5.74, 6) is 1.74. The zero-order chi connectivity index (χ0) is 24.0. The van der Waals surface area contributed by atoms with Gasteiger partial charge in [-0.15, -0.1) is 5.10 Å². The van der Waals surface area contributed by atoms with Gasteiger partial charge in [0.15, 0.2) is 23.0 Å². The molecule has 3 aromatic rings. The lowest BCUT2D eigenvalue weighted by Crippen LogP contribution is -2.60. The second-order valence-electron chi connectivity index (χ2n) is 9.41. The number of anilines is 1. The molecule has 1 aliphatic heterocycles. The second kappa shape index (κ2) is 8.66. The van der Waals surface area contributed by atoms with E-state index in [4.69, 9.17) is 14.2 Å². The van der Waals surface area contributed by atoms with Gasteiger partial charge in [0.05, 0.1) is 33.1 Å². The van der Waals surface area contributed by atoms with E-state index in [0.717, 1.165) is 68.8 Å². The number of morpholine rings is 1. The Hall–Kier alpha value is -3.43. The molecule has 1 saturated heterocycles. The SMILES string of the molecule is COc1ccc(-c2ccnc3cc(NC(=O)C4=C5CC(N6CCOCC6)(CC4)C5)nn23)cc1OC. The molecular weight excluding hydrogens is 446 g/mol. The smallest absolute Gasteiger partial charge is 0.252 e. The van der Waals surface area contributed by atoms with Gasteiger partial charge in [-0.3, -0.25) is 9.69 Å². The topological polar surface area (TPSA) is 90.2 Å². The highest BCUT2D eigenvalue weighted by Crippen LogP contribution is 2.52. The van der Waals surface area contributed by atoms with Crippen molar-refractivity contribution in [3.8, 4) is 22.8 Å². The van der Waals surface area contributed by atoms with Crippen LogP contribution in [0.15, 0.2) is 47.7 Å². The molecule has 2 fully saturated rings. The number of nitrogens with zero attached hydrogens (tertiary/aromatic N) is 4. The van der Waals surface area contributed by atoms with Crippen LogP contribution in [0.4, 0.5) is 5.82 Å². The number of aromatic nitrogens is 3. The highest BCUT2D eigenvalue weighted by molar-refractivity contribution is 6.04. The standard InChI is InChI=1S/C26H29N5O4/c1-33-21-4-3-17(13-22(21)34-2)20-6-8-27-24-14-23(29-31(20)24)28-25(32)19-5-7-26(15-18(19)16-26)30-9-11-35-12-10-30/h3-4,6,8,13-14H,5,7,9-12,15-16H2,1-2H3,(H,28,29,32). The molecule has 2 aromatic heterocycles. The summed E-state index contributed by atoms with van der Waals surface area (Å²) in [4.78, 5) is 20.2. The summed E-state index contributed by atoms with van der Waals surface area (Å²) < 4.78 is 18.1. The van der Waals surface area contributed by atoms with Crippen LogP contribution in [0.2, 0.25) is 0 Å². The lowest BCUT2D eigenvalue weighted by atomic mass is 9.61. The van der Waals surface area contributed by atoms with Crippen LogP contribution in [0.5, 0.6) is 11.5 Å². The molecule has 7 rings (SSSR count). The Labute approximate surface area is 203 Å². The fourth-order valence-electron chi connectivity index (χ4n) is 5.72. The van der Waals surface area contributed by atoms with Crippen LogP contribution in [0, 0.1) is 0 Å². The third kappa shape index (κ3) is 3.75. The highest BCUT2D eigenvalue weighted by Gasteiger charge is 2.50. The number of hydrogen-bond donors (Lipinski definition) is 1. The first-order chi connectivity index (χ1) is 17.1. The normalized spacial score (nSPS) is 19.4. The first-order valence-electron chi connectivity index (χ1n) is 12.0. The van der Waals surface area contributed by atoms with Gasteiger partial charge in [-0.25, -0.2) is 9.50 Å². The van der Waals surface area contributed by atoms with Crippen LogP contribution < -0.4 is 14.8 Å². The Balaban J connectivity index is 1.22. The number of rotatable bonds is 6. The fraction of sp³-hybridized carbons (Fsp3) is 0.423. The van der Waals surface area contributed by atoms with Gasteiger partial charge in [0, 0.05) is 42.0 Å². The predicted octanol–water partition coefficient (Wildman–Crippen LogP) is 3.31. The number of ether oxygens (including phenoxy) is 3. The van der Waals surface area contributed by atoms with E-state index in [2.05, 4.69) is 20.3 Å². The van der Waals surface area contributed by atoms with Crippen molar-refractivity contribution in [2.75, 3.05) is 45.8 Å². The molecule has 3 aliphatic carbocycles. The van der Waals surface area contributed by atoms with E-state index in [1.54, 1.807) is 31.0 Å². The molecule has 9 nitrogen and oxygen atoms in total. The van der Waals surface area contributed by atoms with Crippen molar-refractivity contribution in [1.82, 2.24) is 19.5 Å². The van der Waals surface area contributed by atoms with Crippen LogP contribution >= 0.6 is 0 Å². The van der Waals surface area contributed by atoms with Crippen molar-refractivity contribution in [3.63, 3.8) is 0 Å². The maximum atomic E-state index is 13.2. The molecule has 1 aromatic carbocycles. The van der Waals surface area contributed by atoms with E-state index in [9.17, 15) is 4.79 Å². The van der Waals surface area contributed by atoms with Crippen molar-refractivity contribution < 1.29 is 19.0 Å². The molecule has 1 amide bonds. The second-order valence-corrected chi connectivity index (χ2v) is 9.41. The Morgan fingerprint density at radius 2 is 1.89 bits per heavy atom. The summed E-state index contributed by atoms with van der Waals surface area (Å²) >= 11 is 0. The fourth-order valence-corrected chi connectivity index (χ4v) is 5.72. The molecule has 0 spiro atoms. The van der Waals surface area contributed by atoms with Crippen LogP contribution in [0.1, 0.15) is 25.7 Å². The number of benzene rings is 1. The van der Waals surface area contributed by atoms with Crippen LogP contribution in [0.25, 0.3) is 16.9 Å². The van der Waals surface area contributed by atoms with Gasteiger partial charge in [0.2, 0.25) is 0 Å². The Kier molecular flexibility index (Phi) is 5.46. The van der Waals surface area contributed by atoms with E-state index in [0.29, 0.717) is 23.0 Å². The van der Waals surface area contributed by atoms with E-state index >= 15 is 0 Å². The minimum Gasteiger partial charge on any atom is -0.493 e. The zero-order valence-corrected chi connectivity index (χ0v) is 20.0. The molecule has 1 saturated carbocycles. The van der Waals surface area contributed by atoms with Crippen molar-refractivity contribution in [1.29, 1.82) is 0 Å². The summed E-state index contributed by atoms with van der Waals surface area (Å²) in [6.45, 7) is 3.60. The van der Waals surface area contributed by atoms with E-state index < -0.39 is 0 Å². The van der Waals surface area contributed by atoms with E-state index in [1.165, 1.54) is 5.57 Å². The van der Waals surface area contributed by atoms with Gasteiger partial charge < -0.3 is 19.5 Å². The summed E-state index contributed by atoms with van der Waals surface area (Å²) in [5.41, 5.74) is 4.85. The summed E-state index contributed by atoms with van der Waals surface area (Å²) in [6, 6.07) is 9.40. The predicted molar refractivity (Wildman–Crippen MR) is 131 cm³/mol. The monoisotopic (exact) mass is 475 g/mol. The minimum atomic E-state index is -0.0497. The number of amides is 1. The molecule has 9 heteroatoms. The molecule has 1 N–H and O–H groups in total. The van der Waals surface area contributed by atoms with E-state index in [-0.39, 0.29) is 11.4 Å². The van der Waals surface area contributed by atoms with Crippen molar-refractivity contribution in [2.24, 2.45) is 0 Å². The molecule has 3 heterocycles. The Bertz CT molecular complexity index is 1320. The number of hydrogen-bond acceptors (Lipinski definition) is 7. The van der Waals surface area contributed by atoms with Gasteiger partial charge in [-0.2, -0.15) is 0 Å². The zero-order valence-electron chi connectivity index (χ0n) is 20.0. The lowest BCUT2D eigenvalue weighted by Gasteiger charge is -2.56. The van der Waals surface area contributed by atoms with E-state index in [1.807, 2.05) is 24.3 Å². The first-order valence-corrected chi connectivity index (χ1v) is 12.0. The van der Waals surface area contributed by atoms with Crippen molar-refractivity contribution in [3.05, 3.63) is 47.7 Å². The number of carbonyl (C=O) groups excluding carboxylic acids is 1. The number of carbonyl (C=O) groups is 1. The average molecular weight is 476 g/mol. The molecule has 0 unspecified atom stereocenters. The largest absolute Gasteiger partial charge is 0.493 e. The van der Waals surface area contributed by atoms with Crippen molar-refractivity contribution >= 4 is 17.4 Å². The highest BCUT2D eigenvalue weighted by atomic mass is 16.5. The third-order valence-electron chi connectivity index (χ3n) is 7.59. The molecule has 35 heavy (non-hydrogen) atoms. The van der Waals surface area contributed by atoms with Gasteiger partial charge in [0.25, 0.3) is 5.91 Å². The lowest BCUT2D eigenvalue weighted by molar-refractivity contribution is -0.114. The minimum absolute atomic E-state index is 0.0497. The first kappa shape index (κ1) is 22.1. The average Bonchev–Trinajstić information content (AvgIpc) is 3.30. The molecule has 4 aliphatic rings. The third-order valence-corrected chi connectivity index (χ3v) is 7.59. The van der Waals surface area contributed by atoms with Gasteiger partial charge in [0.1, 0.15) is 0 Å². The Morgan fingerprint density at radius 1 is 1.09 bits per heavy atom. The molecule has 2 bridgehead atoms.